The van der Waals surface area contributed by atoms with E-state index in [9.17, 15) is 8.42 Å². The van der Waals surface area contributed by atoms with Gasteiger partial charge in [-0.3, -0.25) is 0 Å². The number of nitrogens with one attached hydrogen (secondary N) is 1. The van der Waals surface area contributed by atoms with E-state index in [4.69, 9.17) is 27.9 Å². The zero-order chi connectivity index (χ0) is 17.3. The van der Waals surface area contributed by atoms with Gasteiger partial charge in [0.2, 0.25) is 0 Å². The van der Waals surface area contributed by atoms with E-state index in [2.05, 4.69) is 9.71 Å². The molecule has 2 aromatic carbocycles. The standard InChI is InChI=1S/C16H14Cl2N2O3S/c1-10-5-7-11(8-6-10)24(21,22)20-16-19-9-14(23-16)15-12(17)3-2-4-13(15)18/h2-8,14H,9H2,1H3,(H,19,20). The number of amidine groups is 1. The second-order valence-electron chi connectivity index (χ2n) is 5.31. The number of hydrogen-bond acceptors (Lipinski definition) is 4. The van der Waals surface area contributed by atoms with E-state index in [1.54, 1.807) is 30.3 Å². The van der Waals surface area contributed by atoms with Gasteiger partial charge >= 0.3 is 0 Å². The molecule has 24 heavy (non-hydrogen) atoms. The van der Waals surface area contributed by atoms with Gasteiger partial charge < -0.3 is 4.74 Å². The Bertz CT molecular complexity index is 876. The van der Waals surface area contributed by atoms with Crippen molar-refractivity contribution in [3.05, 3.63) is 63.6 Å². The highest BCUT2D eigenvalue weighted by Crippen LogP contribution is 2.34. The number of sulfonamides is 1. The Morgan fingerprint density at radius 1 is 1.12 bits per heavy atom. The smallest absolute Gasteiger partial charge is 0.299 e. The lowest BCUT2D eigenvalue weighted by atomic mass is 10.1. The van der Waals surface area contributed by atoms with Crippen molar-refractivity contribution in [3.8, 4) is 0 Å². The normalized spacial score (nSPS) is 17.3. The minimum atomic E-state index is -3.76. The van der Waals surface area contributed by atoms with Crippen molar-refractivity contribution in [3.63, 3.8) is 0 Å². The van der Waals surface area contributed by atoms with Gasteiger partial charge in [0.1, 0.15) is 6.10 Å². The van der Waals surface area contributed by atoms with Gasteiger partial charge in [-0.2, -0.15) is 0 Å². The van der Waals surface area contributed by atoms with E-state index in [0.717, 1.165) is 5.56 Å². The molecule has 126 valence electrons. The molecule has 1 atom stereocenters. The van der Waals surface area contributed by atoms with Crippen LogP contribution in [0.5, 0.6) is 0 Å². The van der Waals surface area contributed by atoms with Gasteiger partial charge in [0.05, 0.1) is 11.4 Å². The van der Waals surface area contributed by atoms with Crippen molar-refractivity contribution < 1.29 is 13.2 Å². The summed E-state index contributed by atoms with van der Waals surface area (Å²) in [7, 11) is -3.76. The van der Waals surface area contributed by atoms with Crippen LogP contribution in [0.25, 0.3) is 0 Å². The van der Waals surface area contributed by atoms with Crippen molar-refractivity contribution >= 4 is 39.2 Å². The molecule has 0 bridgehead atoms. The van der Waals surface area contributed by atoms with Crippen LogP contribution in [0.4, 0.5) is 0 Å². The van der Waals surface area contributed by atoms with Crippen molar-refractivity contribution in [2.45, 2.75) is 17.9 Å². The number of rotatable bonds is 3. The summed E-state index contributed by atoms with van der Waals surface area (Å²) in [5.41, 5.74) is 1.56. The van der Waals surface area contributed by atoms with E-state index in [1.165, 1.54) is 12.1 Å². The molecule has 0 aliphatic carbocycles. The lowest BCUT2D eigenvalue weighted by molar-refractivity contribution is 0.224. The van der Waals surface area contributed by atoms with Crippen LogP contribution in [0.1, 0.15) is 17.2 Å². The Labute approximate surface area is 150 Å². The molecule has 1 unspecified atom stereocenters. The minimum absolute atomic E-state index is 0.0726. The Morgan fingerprint density at radius 3 is 2.38 bits per heavy atom. The molecular weight excluding hydrogens is 371 g/mol. The molecular formula is C16H14Cl2N2O3S. The van der Waals surface area contributed by atoms with Crippen LogP contribution in [0, 0.1) is 6.92 Å². The van der Waals surface area contributed by atoms with Gasteiger partial charge in [0.25, 0.3) is 16.0 Å². The first-order valence-corrected chi connectivity index (χ1v) is 9.35. The Balaban J connectivity index is 1.75. The SMILES string of the molecule is Cc1ccc(S(=O)(=O)NC2=NCC(c3c(Cl)cccc3Cl)O2)cc1. The Hall–Kier alpha value is -1.76. The number of aliphatic imine (C=N–C) groups is 1. The van der Waals surface area contributed by atoms with E-state index >= 15 is 0 Å². The number of halogens is 2. The summed E-state index contributed by atoms with van der Waals surface area (Å²) in [4.78, 5) is 4.23. The third-order valence-electron chi connectivity index (χ3n) is 3.53. The molecule has 1 N–H and O–H groups in total. The number of benzene rings is 2. The fraction of sp³-hybridized carbons (Fsp3) is 0.188. The predicted octanol–water partition coefficient (Wildman–Crippen LogP) is 3.71. The summed E-state index contributed by atoms with van der Waals surface area (Å²) in [6, 6.07) is 11.5. The minimum Gasteiger partial charge on any atom is -0.454 e. The summed E-state index contributed by atoms with van der Waals surface area (Å²) in [6.07, 6.45) is -0.526. The topological polar surface area (TPSA) is 67.8 Å². The van der Waals surface area contributed by atoms with Gasteiger partial charge in [-0.25, -0.2) is 18.1 Å². The van der Waals surface area contributed by atoms with E-state index in [1.807, 2.05) is 6.92 Å². The van der Waals surface area contributed by atoms with Crippen LogP contribution in [0.15, 0.2) is 52.4 Å². The highest BCUT2D eigenvalue weighted by atomic mass is 35.5. The molecule has 0 amide bonds. The molecule has 8 heteroatoms. The van der Waals surface area contributed by atoms with Crippen LogP contribution >= 0.6 is 23.2 Å². The summed E-state index contributed by atoms with van der Waals surface area (Å²) >= 11 is 12.3. The molecule has 2 aromatic rings. The Kier molecular flexibility index (Phi) is 4.71. The molecule has 3 rings (SSSR count). The van der Waals surface area contributed by atoms with E-state index in [-0.39, 0.29) is 17.5 Å². The first kappa shape index (κ1) is 17.1. The molecule has 0 spiro atoms. The lowest BCUT2D eigenvalue weighted by Gasteiger charge is -2.15. The third kappa shape index (κ3) is 3.50. The Morgan fingerprint density at radius 2 is 1.75 bits per heavy atom. The highest BCUT2D eigenvalue weighted by molar-refractivity contribution is 7.90. The molecule has 0 saturated carbocycles. The summed E-state index contributed by atoms with van der Waals surface area (Å²) in [5.74, 6) is 0. The van der Waals surface area contributed by atoms with Crippen LogP contribution in [-0.4, -0.2) is 21.0 Å². The van der Waals surface area contributed by atoms with E-state index < -0.39 is 16.1 Å². The van der Waals surface area contributed by atoms with Crippen LogP contribution in [0.3, 0.4) is 0 Å². The molecule has 1 heterocycles. The second-order valence-corrected chi connectivity index (χ2v) is 7.80. The van der Waals surface area contributed by atoms with Crippen molar-refractivity contribution in [1.29, 1.82) is 0 Å². The van der Waals surface area contributed by atoms with Crippen LogP contribution < -0.4 is 4.72 Å². The zero-order valence-electron chi connectivity index (χ0n) is 12.7. The molecule has 0 saturated heterocycles. The third-order valence-corrected chi connectivity index (χ3v) is 5.52. The van der Waals surface area contributed by atoms with E-state index in [0.29, 0.717) is 15.6 Å². The zero-order valence-corrected chi connectivity index (χ0v) is 15.0. The number of hydrogen-bond donors (Lipinski definition) is 1. The highest BCUT2D eigenvalue weighted by Gasteiger charge is 2.28. The van der Waals surface area contributed by atoms with Crippen LogP contribution in [-0.2, 0) is 14.8 Å². The summed E-state index contributed by atoms with van der Waals surface area (Å²) in [5, 5.41) is 0.899. The van der Waals surface area contributed by atoms with Crippen molar-refractivity contribution in [1.82, 2.24) is 4.72 Å². The maximum atomic E-state index is 12.4. The van der Waals surface area contributed by atoms with Crippen molar-refractivity contribution in [2.24, 2.45) is 4.99 Å². The second kappa shape index (κ2) is 6.63. The molecule has 1 aliphatic heterocycles. The van der Waals surface area contributed by atoms with Gasteiger partial charge in [0, 0.05) is 15.6 Å². The first-order chi connectivity index (χ1) is 11.4. The van der Waals surface area contributed by atoms with Gasteiger partial charge in [0.15, 0.2) is 0 Å². The van der Waals surface area contributed by atoms with Gasteiger partial charge in [-0.05, 0) is 31.2 Å². The van der Waals surface area contributed by atoms with Crippen molar-refractivity contribution in [2.75, 3.05) is 6.54 Å². The predicted molar refractivity (Wildman–Crippen MR) is 94.1 cm³/mol. The lowest BCUT2D eigenvalue weighted by Crippen LogP contribution is -2.31. The van der Waals surface area contributed by atoms with Gasteiger partial charge in [-0.15, -0.1) is 0 Å². The van der Waals surface area contributed by atoms with Gasteiger partial charge in [-0.1, -0.05) is 47.0 Å². The summed E-state index contributed by atoms with van der Waals surface area (Å²) in [6.45, 7) is 2.11. The molecule has 0 aromatic heterocycles. The molecule has 0 radical (unpaired) electrons. The monoisotopic (exact) mass is 384 g/mol. The average molecular weight is 385 g/mol. The molecule has 5 nitrogen and oxygen atoms in total. The van der Waals surface area contributed by atoms with Crippen LogP contribution in [0.2, 0.25) is 10.0 Å². The fourth-order valence-electron chi connectivity index (χ4n) is 2.29. The molecule has 0 fully saturated rings. The number of nitrogens with zero attached hydrogens (tertiary/aromatic N) is 1. The number of ether oxygens (including phenoxy) is 1. The quantitative estimate of drug-likeness (QED) is 0.876. The maximum absolute atomic E-state index is 12.4. The summed E-state index contributed by atoms with van der Waals surface area (Å²) < 4.78 is 32.6. The maximum Gasteiger partial charge on any atom is 0.299 e. The first-order valence-electron chi connectivity index (χ1n) is 7.11. The average Bonchev–Trinajstić information content (AvgIpc) is 2.95. The fourth-order valence-corrected chi connectivity index (χ4v) is 3.89. The number of aryl methyl sites for hydroxylation is 1. The largest absolute Gasteiger partial charge is 0.454 e. The molecule has 1 aliphatic rings.